The number of thiazole rings is 1. The lowest BCUT2D eigenvalue weighted by Gasteiger charge is -2.12. The van der Waals surface area contributed by atoms with E-state index in [4.69, 9.17) is 28.5 Å². The van der Waals surface area contributed by atoms with Gasteiger partial charge in [-0.1, -0.05) is 23.2 Å². The van der Waals surface area contributed by atoms with E-state index in [0.29, 0.717) is 20.9 Å². The summed E-state index contributed by atoms with van der Waals surface area (Å²) in [6, 6.07) is 7.07. The van der Waals surface area contributed by atoms with E-state index in [-0.39, 0.29) is 0 Å². The molecule has 21 heavy (non-hydrogen) atoms. The molecule has 2 rings (SSSR count). The van der Waals surface area contributed by atoms with Crippen LogP contribution < -0.4 is 5.32 Å². The molecule has 0 unspecified atom stereocenters. The molecule has 108 valence electrons. The lowest BCUT2D eigenvalue weighted by atomic mass is 9.95. The number of carbonyl (C=O) groups is 1. The third-order valence-corrected chi connectivity index (χ3v) is 4.08. The van der Waals surface area contributed by atoms with Gasteiger partial charge in [0, 0.05) is 16.0 Å². The Morgan fingerprint density at radius 1 is 1.43 bits per heavy atom. The number of benzene rings is 1. The van der Waals surface area contributed by atoms with Gasteiger partial charge in [-0.25, -0.2) is 4.98 Å². The van der Waals surface area contributed by atoms with Gasteiger partial charge in [-0.2, -0.15) is 5.26 Å². The predicted octanol–water partition coefficient (Wildman–Crippen LogP) is 4.61. The molecule has 0 bridgehead atoms. The molecular formula is C14H11Cl2N3OS. The molecule has 0 spiro atoms. The van der Waals surface area contributed by atoms with Crippen LogP contribution in [0.3, 0.4) is 0 Å². The molecule has 0 radical (unpaired) electrons. The van der Waals surface area contributed by atoms with Crippen LogP contribution >= 0.6 is 34.5 Å². The first-order chi connectivity index (χ1) is 9.83. The molecule has 2 aromatic rings. The van der Waals surface area contributed by atoms with Gasteiger partial charge in [0.05, 0.1) is 16.8 Å². The summed E-state index contributed by atoms with van der Waals surface area (Å²) in [5, 5.41) is 14.8. The van der Waals surface area contributed by atoms with Gasteiger partial charge in [-0.3, -0.25) is 4.79 Å². The second-order valence-corrected chi connectivity index (χ2v) is 6.55. The van der Waals surface area contributed by atoms with E-state index < -0.39 is 11.3 Å². The fourth-order valence-electron chi connectivity index (χ4n) is 1.46. The van der Waals surface area contributed by atoms with Crippen LogP contribution in [0.4, 0.5) is 5.13 Å². The number of nitrogens with zero attached hydrogens (tertiary/aromatic N) is 2. The average Bonchev–Trinajstić information content (AvgIpc) is 2.86. The molecule has 4 nitrogen and oxygen atoms in total. The number of nitrogens with one attached hydrogen (secondary N) is 1. The minimum Gasteiger partial charge on any atom is -0.301 e. The van der Waals surface area contributed by atoms with Crippen molar-refractivity contribution >= 4 is 45.6 Å². The van der Waals surface area contributed by atoms with Crippen LogP contribution in [0.25, 0.3) is 11.3 Å². The molecule has 0 saturated carbocycles. The van der Waals surface area contributed by atoms with Crippen LogP contribution in [0.5, 0.6) is 0 Å². The minimum atomic E-state index is -1.11. The number of aromatic nitrogens is 1. The van der Waals surface area contributed by atoms with Crippen LogP contribution in [0, 0.1) is 16.7 Å². The molecule has 0 atom stereocenters. The second kappa shape index (κ2) is 6.02. The van der Waals surface area contributed by atoms with Crippen LogP contribution in [-0.4, -0.2) is 10.9 Å². The number of hydrogen-bond acceptors (Lipinski definition) is 4. The van der Waals surface area contributed by atoms with Crippen molar-refractivity contribution in [2.45, 2.75) is 13.8 Å². The molecule has 1 amide bonds. The number of rotatable bonds is 3. The Labute approximate surface area is 136 Å². The summed E-state index contributed by atoms with van der Waals surface area (Å²) in [4.78, 5) is 16.2. The highest BCUT2D eigenvalue weighted by molar-refractivity contribution is 7.14. The standard InChI is InChI=1S/C14H11Cl2N3OS/c1-14(2,7-17)12(20)19-13-18-11(6-21-13)9-4-3-8(15)5-10(9)16/h3-6H,1-2H3,(H,18,19,20). The highest BCUT2D eigenvalue weighted by Gasteiger charge is 2.28. The molecular weight excluding hydrogens is 329 g/mol. The molecule has 0 aliphatic rings. The molecule has 1 N–H and O–H groups in total. The van der Waals surface area contributed by atoms with Crippen molar-refractivity contribution in [1.29, 1.82) is 5.26 Å². The van der Waals surface area contributed by atoms with Crippen molar-refractivity contribution in [3.8, 4) is 17.3 Å². The first kappa shape index (κ1) is 15.8. The maximum atomic E-state index is 11.9. The lowest BCUT2D eigenvalue weighted by Crippen LogP contribution is -2.29. The smallest absolute Gasteiger partial charge is 0.246 e. The summed E-state index contributed by atoms with van der Waals surface area (Å²) < 4.78 is 0. The number of carbonyl (C=O) groups excluding carboxylic acids is 1. The summed E-state index contributed by atoms with van der Waals surface area (Å²) >= 11 is 13.2. The van der Waals surface area contributed by atoms with Crippen LogP contribution in [0.15, 0.2) is 23.6 Å². The van der Waals surface area contributed by atoms with E-state index in [1.165, 1.54) is 11.3 Å². The second-order valence-electron chi connectivity index (χ2n) is 4.85. The van der Waals surface area contributed by atoms with Crippen molar-refractivity contribution in [2.24, 2.45) is 5.41 Å². The van der Waals surface area contributed by atoms with Gasteiger partial charge in [0.15, 0.2) is 5.13 Å². The molecule has 0 aliphatic carbocycles. The summed E-state index contributed by atoms with van der Waals surface area (Å²) in [5.41, 5.74) is 0.271. The van der Waals surface area contributed by atoms with Gasteiger partial charge in [-0.05, 0) is 32.0 Å². The van der Waals surface area contributed by atoms with Crippen molar-refractivity contribution in [2.75, 3.05) is 5.32 Å². The molecule has 1 heterocycles. The van der Waals surface area contributed by atoms with Gasteiger partial charge < -0.3 is 5.32 Å². The van der Waals surface area contributed by atoms with Crippen LogP contribution in [-0.2, 0) is 4.79 Å². The monoisotopic (exact) mass is 339 g/mol. The number of hydrogen-bond donors (Lipinski definition) is 1. The summed E-state index contributed by atoms with van der Waals surface area (Å²) in [5.74, 6) is -0.395. The fourth-order valence-corrected chi connectivity index (χ4v) is 2.67. The van der Waals surface area contributed by atoms with E-state index in [0.717, 1.165) is 5.56 Å². The van der Waals surface area contributed by atoms with E-state index in [2.05, 4.69) is 10.3 Å². The highest BCUT2D eigenvalue weighted by Crippen LogP contribution is 2.32. The molecule has 0 fully saturated rings. The van der Waals surface area contributed by atoms with E-state index in [1.54, 1.807) is 37.4 Å². The zero-order valence-electron chi connectivity index (χ0n) is 11.3. The van der Waals surface area contributed by atoms with Crippen molar-refractivity contribution in [3.05, 3.63) is 33.6 Å². The molecule has 7 heteroatoms. The number of nitriles is 1. The quantitative estimate of drug-likeness (QED) is 0.888. The number of anilines is 1. The number of amides is 1. The molecule has 0 saturated heterocycles. The Hall–Kier alpha value is -1.61. The van der Waals surface area contributed by atoms with E-state index in [1.807, 2.05) is 6.07 Å². The topological polar surface area (TPSA) is 65.8 Å². The lowest BCUT2D eigenvalue weighted by molar-refractivity contribution is -0.121. The van der Waals surface area contributed by atoms with Crippen LogP contribution in [0.2, 0.25) is 10.0 Å². The van der Waals surface area contributed by atoms with Gasteiger partial charge in [0.1, 0.15) is 5.41 Å². The maximum absolute atomic E-state index is 11.9. The Kier molecular flexibility index (Phi) is 4.52. The van der Waals surface area contributed by atoms with Crippen LogP contribution in [0.1, 0.15) is 13.8 Å². The third-order valence-electron chi connectivity index (χ3n) is 2.78. The van der Waals surface area contributed by atoms with Crippen molar-refractivity contribution < 1.29 is 4.79 Å². The largest absolute Gasteiger partial charge is 0.301 e. The fraction of sp³-hybridized carbons (Fsp3) is 0.214. The maximum Gasteiger partial charge on any atom is 0.246 e. The zero-order valence-corrected chi connectivity index (χ0v) is 13.6. The molecule has 1 aromatic heterocycles. The minimum absolute atomic E-state index is 0.395. The highest BCUT2D eigenvalue weighted by atomic mass is 35.5. The predicted molar refractivity (Wildman–Crippen MR) is 85.6 cm³/mol. The normalized spacial score (nSPS) is 11.0. The average molecular weight is 340 g/mol. The SMILES string of the molecule is CC(C)(C#N)C(=O)Nc1nc(-c2ccc(Cl)cc2Cl)cs1. The first-order valence-corrected chi connectivity index (χ1v) is 7.61. The summed E-state index contributed by atoms with van der Waals surface area (Å²) in [6.45, 7) is 3.10. The Balaban J connectivity index is 2.23. The van der Waals surface area contributed by atoms with E-state index in [9.17, 15) is 4.79 Å². The first-order valence-electron chi connectivity index (χ1n) is 5.97. The van der Waals surface area contributed by atoms with Gasteiger partial charge in [0.25, 0.3) is 0 Å². The summed E-state index contributed by atoms with van der Waals surface area (Å²) in [6.07, 6.45) is 0. The Morgan fingerprint density at radius 3 is 2.76 bits per heavy atom. The van der Waals surface area contributed by atoms with E-state index >= 15 is 0 Å². The van der Waals surface area contributed by atoms with Gasteiger partial charge in [0.2, 0.25) is 5.91 Å². The summed E-state index contributed by atoms with van der Waals surface area (Å²) in [7, 11) is 0. The van der Waals surface area contributed by atoms with Gasteiger partial charge >= 0.3 is 0 Å². The Bertz CT molecular complexity index is 734. The molecule has 1 aromatic carbocycles. The third kappa shape index (κ3) is 3.53. The zero-order chi connectivity index (χ0) is 15.6. The van der Waals surface area contributed by atoms with Crippen molar-refractivity contribution in [1.82, 2.24) is 4.98 Å². The molecule has 0 aliphatic heterocycles. The van der Waals surface area contributed by atoms with Crippen molar-refractivity contribution in [3.63, 3.8) is 0 Å². The number of halogens is 2. The Morgan fingerprint density at radius 2 is 2.14 bits per heavy atom. The van der Waals surface area contributed by atoms with Gasteiger partial charge in [-0.15, -0.1) is 11.3 Å².